The topological polar surface area (TPSA) is 44.1 Å². The molecule has 1 heterocycles. The summed E-state index contributed by atoms with van der Waals surface area (Å²) in [6, 6.07) is 3.84. The summed E-state index contributed by atoms with van der Waals surface area (Å²) < 4.78 is 0. The van der Waals surface area contributed by atoms with Crippen LogP contribution in [0.2, 0.25) is 0 Å². The zero-order valence-corrected chi connectivity index (χ0v) is 6.98. The Kier molecular flexibility index (Phi) is 2.44. The highest BCUT2D eigenvalue weighted by Gasteiger charge is 1.98. The molecular weight excluding hydrogens is 158 g/mol. The van der Waals surface area contributed by atoms with Crippen molar-refractivity contribution in [2.75, 3.05) is 0 Å². The molecule has 3 heteroatoms. The SMILES string of the molecule is Cc1ccc(C(=N)/C=C\O)s1. The van der Waals surface area contributed by atoms with Gasteiger partial charge in [-0.25, -0.2) is 0 Å². The van der Waals surface area contributed by atoms with Crippen molar-refractivity contribution in [3.05, 3.63) is 34.2 Å². The fourth-order valence-electron chi connectivity index (χ4n) is 0.736. The monoisotopic (exact) mass is 167 g/mol. The van der Waals surface area contributed by atoms with Gasteiger partial charge in [0, 0.05) is 4.88 Å². The number of hydrogen-bond acceptors (Lipinski definition) is 3. The summed E-state index contributed by atoms with van der Waals surface area (Å²) >= 11 is 1.55. The van der Waals surface area contributed by atoms with Gasteiger partial charge >= 0.3 is 0 Å². The third kappa shape index (κ3) is 1.91. The van der Waals surface area contributed by atoms with E-state index in [4.69, 9.17) is 10.5 Å². The van der Waals surface area contributed by atoms with Crippen molar-refractivity contribution >= 4 is 17.0 Å². The molecule has 0 aliphatic rings. The summed E-state index contributed by atoms with van der Waals surface area (Å²) in [4.78, 5) is 2.06. The summed E-state index contributed by atoms with van der Waals surface area (Å²) in [6.07, 6.45) is 2.25. The van der Waals surface area contributed by atoms with Crippen molar-refractivity contribution in [1.29, 1.82) is 5.41 Å². The number of aliphatic hydroxyl groups is 1. The van der Waals surface area contributed by atoms with Crippen molar-refractivity contribution in [2.24, 2.45) is 0 Å². The molecule has 0 bridgehead atoms. The van der Waals surface area contributed by atoms with Crippen molar-refractivity contribution < 1.29 is 5.11 Å². The summed E-state index contributed by atoms with van der Waals surface area (Å²) in [5.74, 6) is 0. The lowest BCUT2D eigenvalue weighted by Gasteiger charge is -1.88. The molecule has 2 N–H and O–H groups in total. The molecule has 0 aromatic carbocycles. The van der Waals surface area contributed by atoms with E-state index in [1.54, 1.807) is 11.3 Å². The zero-order valence-electron chi connectivity index (χ0n) is 6.16. The number of nitrogens with one attached hydrogen (secondary N) is 1. The Morgan fingerprint density at radius 1 is 1.64 bits per heavy atom. The van der Waals surface area contributed by atoms with Crippen molar-refractivity contribution in [2.45, 2.75) is 6.92 Å². The molecule has 1 aromatic rings. The molecule has 0 atom stereocenters. The molecule has 0 saturated carbocycles. The summed E-state index contributed by atoms with van der Waals surface area (Å²) in [5, 5.41) is 15.8. The van der Waals surface area contributed by atoms with E-state index in [2.05, 4.69) is 0 Å². The summed E-state index contributed by atoms with van der Waals surface area (Å²) in [5.41, 5.74) is 0.352. The lowest BCUT2D eigenvalue weighted by Crippen LogP contribution is -1.88. The fourth-order valence-corrected chi connectivity index (χ4v) is 1.53. The van der Waals surface area contributed by atoms with Gasteiger partial charge in [0.2, 0.25) is 0 Å². The predicted octanol–water partition coefficient (Wildman–Crippen LogP) is 2.50. The van der Waals surface area contributed by atoms with Gasteiger partial charge in [0.05, 0.1) is 16.9 Å². The quantitative estimate of drug-likeness (QED) is 0.516. The Labute approximate surface area is 69.3 Å². The van der Waals surface area contributed by atoms with Crippen molar-refractivity contribution in [3.8, 4) is 0 Å². The molecule has 0 saturated heterocycles. The van der Waals surface area contributed by atoms with Gasteiger partial charge in [0.1, 0.15) is 0 Å². The van der Waals surface area contributed by atoms with Gasteiger partial charge in [-0.05, 0) is 25.1 Å². The van der Waals surface area contributed by atoms with Crippen LogP contribution in [0.3, 0.4) is 0 Å². The van der Waals surface area contributed by atoms with Crippen LogP contribution in [0.5, 0.6) is 0 Å². The largest absolute Gasteiger partial charge is 0.516 e. The standard InChI is InChI=1S/C8H9NOS/c1-6-2-3-8(11-6)7(9)4-5-10/h2-5,9-10H,1H3/b5-4-,9-7?. The van der Waals surface area contributed by atoms with E-state index in [-0.39, 0.29) is 0 Å². The van der Waals surface area contributed by atoms with Crippen LogP contribution < -0.4 is 0 Å². The Hall–Kier alpha value is -1.09. The second-order valence-corrected chi connectivity index (χ2v) is 3.43. The molecule has 0 fully saturated rings. The minimum atomic E-state index is 0.352. The van der Waals surface area contributed by atoms with E-state index in [9.17, 15) is 0 Å². The molecule has 0 aliphatic heterocycles. The highest BCUT2D eigenvalue weighted by Crippen LogP contribution is 2.15. The highest BCUT2D eigenvalue weighted by atomic mass is 32.1. The van der Waals surface area contributed by atoms with Gasteiger partial charge in [0.15, 0.2) is 0 Å². The Morgan fingerprint density at radius 2 is 2.36 bits per heavy atom. The minimum Gasteiger partial charge on any atom is -0.516 e. The lowest BCUT2D eigenvalue weighted by molar-refractivity contribution is 0.474. The van der Waals surface area contributed by atoms with E-state index in [0.29, 0.717) is 5.71 Å². The fraction of sp³-hybridized carbons (Fsp3) is 0.125. The second kappa shape index (κ2) is 3.34. The number of aryl methyl sites for hydroxylation is 1. The van der Waals surface area contributed by atoms with Crippen LogP contribution in [0.1, 0.15) is 9.75 Å². The van der Waals surface area contributed by atoms with Crippen LogP contribution in [0.4, 0.5) is 0 Å². The van der Waals surface area contributed by atoms with E-state index in [1.165, 1.54) is 11.0 Å². The molecule has 0 radical (unpaired) electrons. The first-order valence-corrected chi connectivity index (χ1v) is 4.02. The first-order chi connectivity index (χ1) is 5.24. The summed E-state index contributed by atoms with van der Waals surface area (Å²) in [6.45, 7) is 1.99. The van der Waals surface area contributed by atoms with E-state index >= 15 is 0 Å². The van der Waals surface area contributed by atoms with Gasteiger partial charge in [-0.15, -0.1) is 11.3 Å². The third-order valence-electron chi connectivity index (χ3n) is 1.25. The first kappa shape index (κ1) is 8.01. The third-order valence-corrected chi connectivity index (χ3v) is 2.28. The average molecular weight is 167 g/mol. The number of hydrogen-bond donors (Lipinski definition) is 2. The Balaban J connectivity index is 2.85. The molecule has 2 nitrogen and oxygen atoms in total. The number of thiophene rings is 1. The molecule has 0 aliphatic carbocycles. The highest BCUT2D eigenvalue weighted by molar-refractivity contribution is 7.14. The van der Waals surface area contributed by atoms with Crippen molar-refractivity contribution in [3.63, 3.8) is 0 Å². The van der Waals surface area contributed by atoms with Gasteiger partial charge in [-0.3, -0.25) is 5.41 Å². The van der Waals surface area contributed by atoms with Gasteiger partial charge in [-0.2, -0.15) is 0 Å². The molecular formula is C8H9NOS. The van der Waals surface area contributed by atoms with E-state index < -0.39 is 0 Å². The maximum absolute atomic E-state index is 8.39. The van der Waals surface area contributed by atoms with Gasteiger partial charge in [0.25, 0.3) is 0 Å². The smallest absolute Gasteiger partial charge is 0.0813 e. The predicted molar refractivity (Wildman–Crippen MR) is 47.7 cm³/mol. The maximum atomic E-state index is 8.39. The van der Waals surface area contributed by atoms with Crippen LogP contribution in [0.15, 0.2) is 24.5 Å². The lowest BCUT2D eigenvalue weighted by atomic mass is 10.3. The second-order valence-electron chi connectivity index (χ2n) is 2.14. The first-order valence-electron chi connectivity index (χ1n) is 3.20. The maximum Gasteiger partial charge on any atom is 0.0813 e. The normalized spacial score (nSPS) is 10.6. The van der Waals surface area contributed by atoms with E-state index in [0.717, 1.165) is 11.1 Å². The number of rotatable bonds is 2. The molecule has 1 aromatic heterocycles. The van der Waals surface area contributed by atoms with Gasteiger partial charge in [-0.1, -0.05) is 0 Å². The number of allylic oxidation sites excluding steroid dienone is 1. The molecule has 1 rings (SSSR count). The average Bonchev–Trinajstić information content (AvgIpc) is 2.36. The summed E-state index contributed by atoms with van der Waals surface area (Å²) in [7, 11) is 0. The van der Waals surface area contributed by atoms with Crippen LogP contribution >= 0.6 is 11.3 Å². The molecule has 0 spiro atoms. The Morgan fingerprint density at radius 3 is 2.82 bits per heavy atom. The van der Waals surface area contributed by atoms with Gasteiger partial charge < -0.3 is 5.11 Å². The van der Waals surface area contributed by atoms with Crippen molar-refractivity contribution in [1.82, 2.24) is 0 Å². The minimum absolute atomic E-state index is 0.352. The van der Waals surface area contributed by atoms with E-state index in [1.807, 2.05) is 19.1 Å². The van der Waals surface area contributed by atoms with Crippen LogP contribution in [-0.2, 0) is 0 Å². The Bertz CT molecular complexity index is 288. The van der Waals surface area contributed by atoms with Crippen LogP contribution in [-0.4, -0.2) is 10.8 Å². The number of aliphatic hydroxyl groups excluding tert-OH is 1. The molecule has 0 amide bonds. The van der Waals surface area contributed by atoms with Crippen LogP contribution in [0, 0.1) is 12.3 Å². The zero-order chi connectivity index (χ0) is 8.27. The molecule has 11 heavy (non-hydrogen) atoms. The molecule has 58 valence electrons. The van der Waals surface area contributed by atoms with Crippen LogP contribution in [0.25, 0.3) is 0 Å². The molecule has 0 unspecified atom stereocenters.